The minimum Gasteiger partial charge on any atom is -0.493 e. The summed E-state index contributed by atoms with van der Waals surface area (Å²) < 4.78 is 21.1. The number of oxazole rings is 1. The standard InChI is InChI=1S/C17H19NO5/c1-5-12-11(6-7-13(19)17-18-8-9-23-17)10-14(20-2)16(22-4)15(12)21-3/h1,8-10,13,19H,6-7H2,2-4H3/t13-/m1/s1. The quantitative estimate of drug-likeness (QED) is 0.790. The van der Waals surface area contributed by atoms with Crippen LogP contribution >= 0.6 is 0 Å². The molecule has 0 aliphatic heterocycles. The number of terminal acetylenes is 1. The zero-order valence-corrected chi connectivity index (χ0v) is 13.3. The molecule has 0 radical (unpaired) electrons. The molecule has 1 atom stereocenters. The van der Waals surface area contributed by atoms with Gasteiger partial charge in [-0.1, -0.05) is 5.92 Å². The van der Waals surface area contributed by atoms with Gasteiger partial charge in [-0.3, -0.25) is 0 Å². The van der Waals surface area contributed by atoms with Crippen molar-refractivity contribution in [2.45, 2.75) is 18.9 Å². The third-order valence-corrected chi connectivity index (χ3v) is 3.48. The van der Waals surface area contributed by atoms with Crippen molar-refractivity contribution in [1.29, 1.82) is 0 Å². The number of aryl methyl sites for hydroxylation is 1. The first kappa shape index (κ1) is 16.7. The number of ether oxygens (including phenoxy) is 3. The number of nitrogens with zero attached hydrogens (tertiary/aromatic N) is 1. The topological polar surface area (TPSA) is 74.0 Å². The molecule has 23 heavy (non-hydrogen) atoms. The Kier molecular flexibility index (Phi) is 5.50. The molecule has 6 nitrogen and oxygen atoms in total. The van der Waals surface area contributed by atoms with E-state index in [1.807, 2.05) is 0 Å². The number of aromatic nitrogens is 1. The lowest BCUT2D eigenvalue weighted by atomic mass is 9.99. The Hall–Kier alpha value is -2.65. The third-order valence-electron chi connectivity index (χ3n) is 3.48. The minimum absolute atomic E-state index is 0.277. The van der Waals surface area contributed by atoms with Gasteiger partial charge in [0.2, 0.25) is 11.6 Å². The number of rotatable bonds is 7. The van der Waals surface area contributed by atoms with Gasteiger partial charge in [0, 0.05) is 0 Å². The van der Waals surface area contributed by atoms with Crippen molar-refractivity contribution in [3.05, 3.63) is 35.5 Å². The fourth-order valence-electron chi connectivity index (χ4n) is 2.38. The van der Waals surface area contributed by atoms with Crippen LogP contribution in [-0.2, 0) is 6.42 Å². The van der Waals surface area contributed by atoms with Crippen LogP contribution in [0.3, 0.4) is 0 Å². The summed E-state index contributed by atoms with van der Waals surface area (Å²) in [6, 6.07) is 1.79. The summed E-state index contributed by atoms with van der Waals surface area (Å²) in [5, 5.41) is 10.1. The van der Waals surface area contributed by atoms with Crippen LogP contribution in [0, 0.1) is 12.3 Å². The summed E-state index contributed by atoms with van der Waals surface area (Å²) in [5.74, 6) is 4.30. The molecule has 1 aromatic heterocycles. The molecule has 0 aliphatic rings. The highest BCUT2D eigenvalue weighted by Gasteiger charge is 2.21. The smallest absolute Gasteiger partial charge is 0.222 e. The number of benzene rings is 1. The van der Waals surface area contributed by atoms with Gasteiger partial charge in [0.05, 0.1) is 33.1 Å². The summed E-state index contributed by atoms with van der Waals surface area (Å²) >= 11 is 0. The maximum absolute atomic E-state index is 10.1. The molecule has 1 N–H and O–H groups in total. The first-order valence-electron chi connectivity index (χ1n) is 7.02. The van der Waals surface area contributed by atoms with Crippen molar-refractivity contribution in [2.75, 3.05) is 21.3 Å². The first-order chi connectivity index (χ1) is 11.2. The SMILES string of the molecule is C#Cc1c(CC[C@@H](O)c2ncco2)cc(OC)c(OC)c1OC. The molecule has 0 bridgehead atoms. The molecular formula is C17H19NO5. The molecule has 2 aromatic rings. The Bertz CT molecular complexity index is 688. The van der Waals surface area contributed by atoms with Crippen LogP contribution in [0.4, 0.5) is 0 Å². The van der Waals surface area contributed by atoms with E-state index in [0.717, 1.165) is 5.56 Å². The molecule has 6 heteroatoms. The van der Waals surface area contributed by atoms with Gasteiger partial charge in [0.25, 0.3) is 0 Å². The van der Waals surface area contributed by atoms with Gasteiger partial charge in [0.1, 0.15) is 12.4 Å². The molecule has 0 spiro atoms. The minimum atomic E-state index is -0.810. The molecule has 0 unspecified atom stereocenters. The molecule has 122 valence electrons. The predicted molar refractivity (Wildman–Crippen MR) is 83.8 cm³/mol. The lowest BCUT2D eigenvalue weighted by Crippen LogP contribution is -2.04. The summed E-state index contributed by atoms with van der Waals surface area (Å²) in [7, 11) is 4.58. The van der Waals surface area contributed by atoms with Crippen LogP contribution < -0.4 is 14.2 Å². The van der Waals surface area contributed by atoms with Gasteiger partial charge in [-0.25, -0.2) is 4.98 Å². The van der Waals surface area contributed by atoms with Gasteiger partial charge in [-0.2, -0.15) is 0 Å². The Balaban J connectivity index is 2.32. The zero-order valence-electron chi connectivity index (χ0n) is 13.3. The molecule has 2 rings (SSSR count). The first-order valence-corrected chi connectivity index (χ1v) is 7.02. The maximum atomic E-state index is 10.1. The Morgan fingerprint density at radius 1 is 1.26 bits per heavy atom. The van der Waals surface area contributed by atoms with Crippen LogP contribution in [0.2, 0.25) is 0 Å². The fourth-order valence-corrected chi connectivity index (χ4v) is 2.38. The van der Waals surface area contributed by atoms with Crippen LogP contribution in [0.1, 0.15) is 29.5 Å². The van der Waals surface area contributed by atoms with Crippen molar-refractivity contribution in [1.82, 2.24) is 4.98 Å². The molecule has 1 aromatic carbocycles. The highest BCUT2D eigenvalue weighted by atomic mass is 16.5. The van der Waals surface area contributed by atoms with Crippen LogP contribution in [-0.4, -0.2) is 31.4 Å². The van der Waals surface area contributed by atoms with Gasteiger partial charge < -0.3 is 23.7 Å². The van der Waals surface area contributed by atoms with Crippen LogP contribution in [0.15, 0.2) is 22.9 Å². The molecule has 0 saturated carbocycles. The number of hydrogen-bond donors (Lipinski definition) is 1. The van der Waals surface area contributed by atoms with Crippen LogP contribution in [0.5, 0.6) is 17.2 Å². The van der Waals surface area contributed by atoms with Crippen molar-refractivity contribution >= 4 is 0 Å². The van der Waals surface area contributed by atoms with Gasteiger partial charge in [-0.05, 0) is 24.5 Å². The van der Waals surface area contributed by atoms with E-state index >= 15 is 0 Å². The van der Waals surface area contributed by atoms with E-state index < -0.39 is 6.10 Å². The highest BCUT2D eigenvalue weighted by Crippen LogP contribution is 2.42. The van der Waals surface area contributed by atoms with Crippen molar-refractivity contribution < 1.29 is 23.7 Å². The van der Waals surface area contributed by atoms with Gasteiger partial charge in [0.15, 0.2) is 11.5 Å². The van der Waals surface area contributed by atoms with Gasteiger partial charge in [-0.15, -0.1) is 6.42 Å². The van der Waals surface area contributed by atoms with Crippen molar-refractivity contribution in [2.24, 2.45) is 0 Å². The Morgan fingerprint density at radius 3 is 2.52 bits per heavy atom. The second kappa shape index (κ2) is 7.56. The Labute approximate surface area is 135 Å². The normalized spacial score (nSPS) is 11.6. The lowest BCUT2D eigenvalue weighted by molar-refractivity contribution is 0.134. The van der Waals surface area contributed by atoms with E-state index in [9.17, 15) is 5.11 Å². The van der Waals surface area contributed by atoms with Crippen molar-refractivity contribution in [3.63, 3.8) is 0 Å². The fraction of sp³-hybridized carbons (Fsp3) is 0.353. The van der Waals surface area contributed by atoms with Crippen molar-refractivity contribution in [3.8, 4) is 29.6 Å². The second-order valence-corrected chi connectivity index (χ2v) is 4.75. The summed E-state index contributed by atoms with van der Waals surface area (Å²) in [6.07, 6.45) is 8.62. The number of methoxy groups -OCH3 is 3. The van der Waals surface area contributed by atoms with E-state index in [1.54, 1.807) is 6.07 Å². The maximum Gasteiger partial charge on any atom is 0.222 e. The average Bonchev–Trinajstić information content (AvgIpc) is 3.12. The van der Waals surface area contributed by atoms with E-state index in [0.29, 0.717) is 35.7 Å². The average molecular weight is 317 g/mol. The van der Waals surface area contributed by atoms with Crippen LogP contribution in [0.25, 0.3) is 0 Å². The molecule has 0 amide bonds. The van der Waals surface area contributed by atoms with E-state index in [-0.39, 0.29) is 5.89 Å². The van der Waals surface area contributed by atoms with Gasteiger partial charge >= 0.3 is 0 Å². The summed E-state index contributed by atoms with van der Waals surface area (Å²) in [4.78, 5) is 3.94. The highest BCUT2D eigenvalue weighted by molar-refractivity contribution is 5.64. The lowest BCUT2D eigenvalue weighted by Gasteiger charge is -2.17. The monoisotopic (exact) mass is 317 g/mol. The predicted octanol–water partition coefficient (Wildman–Crippen LogP) is 2.35. The van der Waals surface area contributed by atoms with E-state index in [1.165, 1.54) is 33.8 Å². The summed E-state index contributed by atoms with van der Waals surface area (Å²) in [5.41, 5.74) is 1.39. The summed E-state index contributed by atoms with van der Waals surface area (Å²) in [6.45, 7) is 0. The third kappa shape index (κ3) is 3.41. The molecule has 0 saturated heterocycles. The largest absolute Gasteiger partial charge is 0.493 e. The van der Waals surface area contributed by atoms with E-state index in [4.69, 9.17) is 25.1 Å². The number of aliphatic hydroxyl groups excluding tert-OH is 1. The molecule has 0 fully saturated rings. The molecule has 0 aliphatic carbocycles. The molecule has 1 heterocycles. The molecular weight excluding hydrogens is 298 g/mol. The van der Waals surface area contributed by atoms with E-state index in [2.05, 4.69) is 10.9 Å². The zero-order chi connectivity index (χ0) is 16.8. The number of aliphatic hydroxyl groups is 1. The second-order valence-electron chi connectivity index (χ2n) is 4.75. The Morgan fingerprint density at radius 2 is 2.00 bits per heavy atom. The number of hydrogen-bond acceptors (Lipinski definition) is 6.